The summed E-state index contributed by atoms with van der Waals surface area (Å²) < 4.78 is 7.81. The third-order valence-electron chi connectivity index (χ3n) is 7.22. The summed E-state index contributed by atoms with van der Waals surface area (Å²) in [6, 6.07) is 19.6. The number of aromatic nitrogens is 3. The van der Waals surface area contributed by atoms with Crippen molar-refractivity contribution in [3.63, 3.8) is 0 Å². The predicted molar refractivity (Wildman–Crippen MR) is 148 cm³/mol. The maximum Gasteiger partial charge on any atom is 0.145 e. The second-order valence-electron chi connectivity index (χ2n) is 9.77. The molecule has 5 N–H and O–H groups in total. The average Bonchev–Trinajstić information content (AvgIpc) is 3.50. The molecule has 0 amide bonds. The van der Waals surface area contributed by atoms with E-state index in [4.69, 9.17) is 4.74 Å². The summed E-state index contributed by atoms with van der Waals surface area (Å²) in [4.78, 5) is 8.67. The Kier molecular flexibility index (Phi) is 8.50. The number of hydrogen-bond donors (Lipinski definition) is 5. The minimum absolute atomic E-state index is 0.0253. The van der Waals surface area contributed by atoms with Gasteiger partial charge in [-0.1, -0.05) is 30.3 Å². The number of hydrogen-bond acceptors (Lipinski definition) is 8. The second kappa shape index (κ2) is 12.4. The Hall–Kier alpha value is -3.50. The lowest BCUT2D eigenvalue weighted by Crippen LogP contribution is -2.34. The van der Waals surface area contributed by atoms with Crippen LogP contribution in [0.1, 0.15) is 24.4 Å². The quantitative estimate of drug-likeness (QED) is 0.182. The number of aliphatic hydroxyl groups is 2. The average molecular weight is 517 g/mol. The Labute approximate surface area is 222 Å². The van der Waals surface area contributed by atoms with Crippen LogP contribution in [0.25, 0.3) is 11.0 Å². The molecule has 0 saturated heterocycles. The number of rotatable bonds is 12. The van der Waals surface area contributed by atoms with Gasteiger partial charge in [0.1, 0.15) is 35.4 Å². The van der Waals surface area contributed by atoms with Gasteiger partial charge < -0.3 is 35.5 Å². The molecule has 200 valence electrons. The third kappa shape index (κ3) is 5.97. The first-order valence-electron chi connectivity index (χ1n) is 13.2. The van der Waals surface area contributed by atoms with Gasteiger partial charge in [0.2, 0.25) is 0 Å². The summed E-state index contributed by atoms with van der Waals surface area (Å²) in [7, 11) is 1.82. The zero-order chi connectivity index (χ0) is 26.3. The molecular formula is C29H36N6O3. The second-order valence-corrected chi connectivity index (χ2v) is 9.77. The molecule has 0 radical (unpaired) electrons. The highest BCUT2D eigenvalue weighted by molar-refractivity contribution is 5.87. The van der Waals surface area contributed by atoms with E-state index in [1.54, 1.807) is 0 Å². The fraction of sp³-hybridized carbons (Fsp3) is 0.379. The fourth-order valence-electron chi connectivity index (χ4n) is 5.17. The number of nitrogens with one attached hydrogen (secondary N) is 3. The number of anilines is 1. The highest BCUT2D eigenvalue weighted by Gasteiger charge is 2.42. The van der Waals surface area contributed by atoms with Crippen LogP contribution in [0, 0.1) is 5.92 Å². The SMILES string of the molecule is CNc1ncnc2c1ccn2[C@@H]1C[C@H](CNCCCNCc2ccc(Oc3ccccc3)cc2)[C@@H](O)[C@H]1O. The van der Waals surface area contributed by atoms with Crippen LogP contribution in [-0.4, -0.2) is 63.6 Å². The minimum atomic E-state index is -0.837. The molecule has 0 spiro atoms. The molecular weight excluding hydrogens is 480 g/mol. The Morgan fingerprint density at radius 1 is 0.921 bits per heavy atom. The van der Waals surface area contributed by atoms with Crippen molar-refractivity contribution < 1.29 is 14.9 Å². The van der Waals surface area contributed by atoms with Crippen LogP contribution in [0.5, 0.6) is 11.5 Å². The number of nitrogens with zero attached hydrogens (tertiary/aromatic N) is 3. The standard InChI is InChI=1S/C29H36N6O3/c1-30-28-24-12-15-35(29(24)34-19-33-28)25-16-21(26(36)27(25)37)18-32-14-5-13-31-17-20-8-10-23(11-9-20)38-22-6-3-2-4-7-22/h2-4,6-12,15,19,21,25-27,31-32,36-37H,5,13-14,16-18H2,1H3,(H,30,33,34)/t21-,25-,26-,27+/m1/s1. The van der Waals surface area contributed by atoms with E-state index in [0.717, 1.165) is 54.4 Å². The predicted octanol–water partition coefficient (Wildman–Crippen LogP) is 3.32. The number of fused-ring (bicyclic) bond motifs is 1. The number of benzene rings is 2. The van der Waals surface area contributed by atoms with Gasteiger partial charge in [-0.05, 0) is 61.8 Å². The number of ether oxygens (including phenoxy) is 1. The maximum atomic E-state index is 10.8. The van der Waals surface area contributed by atoms with Crippen LogP contribution in [-0.2, 0) is 6.54 Å². The molecule has 0 aliphatic heterocycles. The topological polar surface area (TPSA) is 116 Å². The summed E-state index contributed by atoms with van der Waals surface area (Å²) in [5.74, 6) is 2.38. The van der Waals surface area contributed by atoms with Gasteiger partial charge in [0.25, 0.3) is 0 Å². The van der Waals surface area contributed by atoms with Crippen LogP contribution in [0.3, 0.4) is 0 Å². The van der Waals surface area contributed by atoms with Crippen molar-refractivity contribution in [1.82, 2.24) is 25.2 Å². The molecule has 9 heteroatoms. The van der Waals surface area contributed by atoms with E-state index in [9.17, 15) is 10.2 Å². The zero-order valence-corrected chi connectivity index (χ0v) is 21.6. The van der Waals surface area contributed by atoms with Crippen molar-refractivity contribution in [2.75, 3.05) is 32.0 Å². The van der Waals surface area contributed by atoms with Crippen LogP contribution in [0.15, 0.2) is 73.2 Å². The van der Waals surface area contributed by atoms with E-state index in [1.165, 1.54) is 11.9 Å². The van der Waals surface area contributed by atoms with Crippen molar-refractivity contribution in [2.24, 2.45) is 5.92 Å². The molecule has 2 heterocycles. The summed E-state index contributed by atoms with van der Waals surface area (Å²) in [6.07, 6.45) is 3.48. The molecule has 38 heavy (non-hydrogen) atoms. The van der Waals surface area contributed by atoms with Gasteiger partial charge in [-0.15, -0.1) is 0 Å². The van der Waals surface area contributed by atoms with Crippen LogP contribution in [0.2, 0.25) is 0 Å². The number of para-hydroxylation sites is 1. The van der Waals surface area contributed by atoms with Gasteiger partial charge in [0.05, 0.1) is 17.5 Å². The molecule has 2 aromatic heterocycles. The molecule has 1 fully saturated rings. The molecule has 4 atom stereocenters. The Morgan fingerprint density at radius 2 is 1.68 bits per heavy atom. The molecule has 5 rings (SSSR count). The van der Waals surface area contributed by atoms with E-state index in [2.05, 4.69) is 38.1 Å². The van der Waals surface area contributed by atoms with Gasteiger partial charge in [0.15, 0.2) is 0 Å². The van der Waals surface area contributed by atoms with Gasteiger partial charge in [-0.2, -0.15) is 0 Å². The van der Waals surface area contributed by atoms with Crippen molar-refractivity contribution >= 4 is 16.9 Å². The Bertz CT molecular complexity index is 1300. The lowest BCUT2D eigenvalue weighted by molar-refractivity contribution is 0.00694. The monoisotopic (exact) mass is 516 g/mol. The molecule has 0 bridgehead atoms. The zero-order valence-electron chi connectivity index (χ0n) is 21.6. The molecule has 2 aromatic carbocycles. The normalized spacial score (nSPS) is 21.1. The molecule has 0 unspecified atom stereocenters. The molecule has 1 aliphatic rings. The molecule has 4 aromatic rings. The lowest BCUT2D eigenvalue weighted by atomic mass is 10.1. The Balaban J connectivity index is 1.02. The Morgan fingerprint density at radius 3 is 2.47 bits per heavy atom. The highest BCUT2D eigenvalue weighted by atomic mass is 16.5. The summed E-state index contributed by atoms with van der Waals surface area (Å²) in [6.45, 7) is 3.18. The smallest absolute Gasteiger partial charge is 0.145 e. The van der Waals surface area contributed by atoms with E-state index in [0.29, 0.717) is 13.0 Å². The van der Waals surface area contributed by atoms with Gasteiger partial charge in [-0.25, -0.2) is 9.97 Å². The first kappa shape index (κ1) is 26.1. The largest absolute Gasteiger partial charge is 0.457 e. The van der Waals surface area contributed by atoms with Crippen molar-refractivity contribution in [2.45, 2.75) is 37.6 Å². The van der Waals surface area contributed by atoms with Crippen molar-refractivity contribution in [3.05, 3.63) is 78.8 Å². The first-order chi connectivity index (χ1) is 18.6. The van der Waals surface area contributed by atoms with Crippen LogP contribution < -0.4 is 20.7 Å². The number of aliphatic hydroxyl groups excluding tert-OH is 2. The maximum absolute atomic E-state index is 10.8. The molecule has 9 nitrogen and oxygen atoms in total. The van der Waals surface area contributed by atoms with Gasteiger partial charge in [-0.3, -0.25) is 0 Å². The first-order valence-corrected chi connectivity index (χ1v) is 13.2. The minimum Gasteiger partial charge on any atom is -0.457 e. The van der Waals surface area contributed by atoms with Crippen LogP contribution >= 0.6 is 0 Å². The molecule has 1 saturated carbocycles. The third-order valence-corrected chi connectivity index (χ3v) is 7.22. The lowest BCUT2D eigenvalue weighted by Gasteiger charge is -2.19. The van der Waals surface area contributed by atoms with Crippen molar-refractivity contribution in [3.8, 4) is 11.5 Å². The van der Waals surface area contributed by atoms with Crippen LogP contribution in [0.4, 0.5) is 5.82 Å². The van der Waals surface area contributed by atoms with E-state index in [1.807, 2.05) is 66.3 Å². The molecule has 1 aliphatic carbocycles. The van der Waals surface area contributed by atoms with E-state index >= 15 is 0 Å². The fourth-order valence-corrected chi connectivity index (χ4v) is 5.17. The van der Waals surface area contributed by atoms with E-state index < -0.39 is 12.2 Å². The van der Waals surface area contributed by atoms with E-state index in [-0.39, 0.29) is 12.0 Å². The highest BCUT2D eigenvalue weighted by Crippen LogP contribution is 2.37. The summed E-state index contributed by atoms with van der Waals surface area (Å²) in [5.41, 5.74) is 1.97. The van der Waals surface area contributed by atoms with Gasteiger partial charge >= 0.3 is 0 Å². The van der Waals surface area contributed by atoms with Crippen molar-refractivity contribution in [1.29, 1.82) is 0 Å². The van der Waals surface area contributed by atoms with Gasteiger partial charge in [0, 0.05) is 32.3 Å². The summed E-state index contributed by atoms with van der Waals surface area (Å²) >= 11 is 0. The summed E-state index contributed by atoms with van der Waals surface area (Å²) in [5, 5.41) is 32.4.